The van der Waals surface area contributed by atoms with Crippen LogP contribution in [0.3, 0.4) is 0 Å². The zero-order valence-corrected chi connectivity index (χ0v) is 14.7. The Morgan fingerprint density at radius 3 is 2.76 bits per heavy atom. The van der Waals surface area contributed by atoms with Crippen LogP contribution < -0.4 is 5.32 Å². The van der Waals surface area contributed by atoms with Crippen LogP contribution in [0.15, 0.2) is 30.5 Å². The molecule has 0 bridgehead atoms. The molecule has 2 N–H and O–H groups in total. The lowest BCUT2D eigenvalue weighted by Crippen LogP contribution is -2.27. The third-order valence-electron chi connectivity index (χ3n) is 4.59. The number of benzene rings is 1. The van der Waals surface area contributed by atoms with Crippen LogP contribution in [0.25, 0.3) is 0 Å². The molecule has 1 aliphatic rings. The molecule has 2 aromatic rings. The lowest BCUT2D eigenvalue weighted by Gasteiger charge is -2.17. The fraction of sp³-hybridized carbons (Fsp3) is 0.421. The average Bonchev–Trinajstić information content (AvgIpc) is 3.26. The summed E-state index contributed by atoms with van der Waals surface area (Å²) in [5.41, 5.74) is 2.19. The molecular formula is C19H24N4O2. The summed E-state index contributed by atoms with van der Waals surface area (Å²) in [6.45, 7) is 2.33. The first kappa shape index (κ1) is 17.2. The van der Waals surface area contributed by atoms with Gasteiger partial charge in [-0.15, -0.1) is 0 Å². The van der Waals surface area contributed by atoms with Crippen molar-refractivity contribution in [2.24, 2.45) is 5.92 Å². The predicted molar refractivity (Wildman–Crippen MR) is 96.2 cm³/mol. The first-order valence-corrected chi connectivity index (χ1v) is 8.70. The number of anilines is 1. The number of H-pyrrole nitrogens is 1. The van der Waals surface area contributed by atoms with Crippen molar-refractivity contribution in [2.75, 3.05) is 12.4 Å². The van der Waals surface area contributed by atoms with Gasteiger partial charge in [0.15, 0.2) is 0 Å². The van der Waals surface area contributed by atoms with Crippen molar-refractivity contribution in [1.29, 1.82) is 0 Å². The lowest BCUT2D eigenvalue weighted by atomic mass is 10.1. The van der Waals surface area contributed by atoms with Gasteiger partial charge >= 0.3 is 0 Å². The molecule has 0 radical (unpaired) electrons. The number of nitrogens with one attached hydrogen (secondary N) is 2. The number of hydrogen-bond donors (Lipinski definition) is 2. The Balaban J connectivity index is 1.65. The van der Waals surface area contributed by atoms with Crippen LogP contribution in [0.2, 0.25) is 0 Å². The van der Waals surface area contributed by atoms with E-state index in [4.69, 9.17) is 0 Å². The van der Waals surface area contributed by atoms with Gasteiger partial charge in [0, 0.05) is 36.1 Å². The third kappa shape index (κ3) is 4.26. The number of aryl methyl sites for hydroxylation is 1. The largest absolute Gasteiger partial charge is 0.345 e. The normalized spacial score (nSPS) is 14.5. The van der Waals surface area contributed by atoms with Gasteiger partial charge in [-0.05, 0) is 38.0 Å². The molecule has 1 fully saturated rings. The Kier molecular flexibility index (Phi) is 5.16. The van der Waals surface area contributed by atoms with Crippen LogP contribution in [-0.2, 0) is 11.3 Å². The number of imidazole rings is 1. The van der Waals surface area contributed by atoms with Gasteiger partial charge in [-0.3, -0.25) is 9.59 Å². The number of carbonyl (C=O) groups excluding carboxylic acids is 2. The van der Waals surface area contributed by atoms with E-state index in [0.29, 0.717) is 17.8 Å². The van der Waals surface area contributed by atoms with E-state index in [1.165, 1.54) is 0 Å². The number of rotatable bonds is 5. The van der Waals surface area contributed by atoms with E-state index in [0.717, 1.165) is 37.2 Å². The van der Waals surface area contributed by atoms with Crippen molar-refractivity contribution in [2.45, 2.75) is 39.2 Å². The van der Waals surface area contributed by atoms with Crippen LogP contribution >= 0.6 is 0 Å². The molecule has 1 aromatic heterocycles. The highest BCUT2D eigenvalue weighted by atomic mass is 16.2. The number of aromatic nitrogens is 2. The smallest absolute Gasteiger partial charge is 0.254 e. The van der Waals surface area contributed by atoms with Gasteiger partial charge in [0.1, 0.15) is 5.82 Å². The number of carbonyl (C=O) groups is 2. The van der Waals surface area contributed by atoms with Crippen LogP contribution in [0.1, 0.15) is 47.6 Å². The summed E-state index contributed by atoms with van der Waals surface area (Å²) in [5, 5.41) is 2.94. The zero-order chi connectivity index (χ0) is 17.8. The molecule has 2 amide bonds. The summed E-state index contributed by atoms with van der Waals surface area (Å²) in [7, 11) is 1.74. The number of aromatic amines is 1. The molecule has 0 aliphatic heterocycles. The molecule has 0 saturated heterocycles. The molecule has 1 saturated carbocycles. The summed E-state index contributed by atoms with van der Waals surface area (Å²) >= 11 is 0. The number of nitrogens with zero attached hydrogens (tertiary/aromatic N) is 2. The summed E-state index contributed by atoms with van der Waals surface area (Å²) in [6.07, 6.45) is 5.89. The molecular weight excluding hydrogens is 316 g/mol. The zero-order valence-electron chi connectivity index (χ0n) is 14.7. The maximum absolute atomic E-state index is 12.6. The van der Waals surface area contributed by atoms with Gasteiger partial charge in [0.05, 0.1) is 6.54 Å². The number of amides is 2. The molecule has 0 spiro atoms. The van der Waals surface area contributed by atoms with E-state index < -0.39 is 0 Å². The Bertz CT molecular complexity index is 762. The Morgan fingerprint density at radius 2 is 2.08 bits per heavy atom. The van der Waals surface area contributed by atoms with Crippen LogP contribution in [-0.4, -0.2) is 33.7 Å². The maximum Gasteiger partial charge on any atom is 0.254 e. The summed E-state index contributed by atoms with van der Waals surface area (Å²) in [4.78, 5) is 33.8. The van der Waals surface area contributed by atoms with Crippen molar-refractivity contribution in [3.8, 4) is 0 Å². The molecule has 0 unspecified atom stereocenters. The lowest BCUT2D eigenvalue weighted by molar-refractivity contribution is -0.119. The second-order valence-electron chi connectivity index (χ2n) is 6.73. The minimum atomic E-state index is -0.106. The fourth-order valence-corrected chi connectivity index (χ4v) is 3.23. The molecule has 6 nitrogen and oxygen atoms in total. The fourth-order valence-electron chi connectivity index (χ4n) is 3.23. The highest BCUT2D eigenvalue weighted by Gasteiger charge is 2.23. The SMILES string of the molecule is Cc1cnc(CN(C)C(=O)c2cccc(NC(=O)C3CCCC3)c2)[nH]1. The topological polar surface area (TPSA) is 78.1 Å². The monoisotopic (exact) mass is 340 g/mol. The van der Waals surface area contributed by atoms with E-state index in [1.54, 1.807) is 36.3 Å². The van der Waals surface area contributed by atoms with Crippen LogP contribution in [0.4, 0.5) is 5.69 Å². The highest BCUT2D eigenvalue weighted by molar-refractivity contribution is 5.97. The van der Waals surface area contributed by atoms with Crippen LogP contribution in [0, 0.1) is 12.8 Å². The first-order chi connectivity index (χ1) is 12.0. The average molecular weight is 340 g/mol. The van der Waals surface area contributed by atoms with Crippen molar-refractivity contribution in [1.82, 2.24) is 14.9 Å². The maximum atomic E-state index is 12.6. The molecule has 0 atom stereocenters. The molecule has 1 aromatic carbocycles. The van der Waals surface area contributed by atoms with Gasteiger partial charge < -0.3 is 15.2 Å². The Labute approximate surface area is 147 Å². The summed E-state index contributed by atoms with van der Waals surface area (Å²) in [5.74, 6) is 0.802. The minimum absolute atomic E-state index is 0.0570. The second-order valence-corrected chi connectivity index (χ2v) is 6.73. The first-order valence-electron chi connectivity index (χ1n) is 8.70. The third-order valence-corrected chi connectivity index (χ3v) is 4.59. The quantitative estimate of drug-likeness (QED) is 0.878. The Morgan fingerprint density at radius 1 is 1.32 bits per heavy atom. The Hall–Kier alpha value is -2.63. The van der Waals surface area contributed by atoms with Gasteiger partial charge in [-0.25, -0.2) is 4.98 Å². The summed E-state index contributed by atoms with van der Waals surface area (Å²) < 4.78 is 0. The number of hydrogen-bond acceptors (Lipinski definition) is 3. The van der Waals surface area contributed by atoms with Gasteiger partial charge in [-0.2, -0.15) is 0 Å². The second kappa shape index (κ2) is 7.51. The van der Waals surface area contributed by atoms with E-state index in [-0.39, 0.29) is 17.7 Å². The molecule has 1 aliphatic carbocycles. The standard InChI is InChI=1S/C19H24N4O2/c1-13-11-20-17(21-13)12-23(2)19(25)15-8-5-9-16(10-15)22-18(24)14-6-3-4-7-14/h5,8-11,14H,3-4,6-7,12H2,1-2H3,(H,20,21)(H,22,24). The van der Waals surface area contributed by atoms with Crippen molar-refractivity contribution in [3.05, 3.63) is 47.5 Å². The van der Waals surface area contributed by atoms with E-state index in [2.05, 4.69) is 15.3 Å². The van der Waals surface area contributed by atoms with Crippen molar-refractivity contribution >= 4 is 17.5 Å². The van der Waals surface area contributed by atoms with E-state index in [1.807, 2.05) is 13.0 Å². The highest BCUT2D eigenvalue weighted by Crippen LogP contribution is 2.26. The van der Waals surface area contributed by atoms with Crippen molar-refractivity contribution < 1.29 is 9.59 Å². The molecule has 1 heterocycles. The van der Waals surface area contributed by atoms with Gasteiger partial charge in [0.2, 0.25) is 5.91 Å². The molecule has 3 rings (SSSR count). The predicted octanol–water partition coefficient (Wildman–Crippen LogP) is 3.12. The van der Waals surface area contributed by atoms with Gasteiger partial charge in [-0.1, -0.05) is 18.9 Å². The van der Waals surface area contributed by atoms with Gasteiger partial charge in [0.25, 0.3) is 5.91 Å². The van der Waals surface area contributed by atoms with E-state index >= 15 is 0 Å². The minimum Gasteiger partial charge on any atom is -0.345 e. The molecule has 132 valence electrons. The molecule has 6 heteroatoms. The van der Waals surface area contributed by atoms with E-state index in [9.17, 15) is 9.59 Å². The van der Waals surface area contributed by atoms with Crippen LogP contribution in [0.5, 0.6) is 0 Å². The molecule has 25 heavy (non-hydrogen) atoms. The summed E-state index contributed by atoms with van der Waals surface area (Å²) in [6, 6.07) is 7.11. The van der Waals surface area contributed by atoms with Crippen molar-refractivity contribution in [3.63, 3.8) is 0 Å².